The fourth-order valence-electron chi connectivity index (χ4n) is 3.00. The lowest BCUT2D eigenvalue weighted by Crippen LogP contribution is -2.18. The Morgan fingerprint density at radius 2 is 1.38 bits per heavy atom. The Kier molecular flexibility index (Phi) is 13.0. The summed E-state index contributed by atoms with van der Waals surface area (Å²) in [5, 5.41) is 19.3. The van der Waals surface area contributed by atoms with Gasteiger partial charge in [-0.3, -0.25) is 0 Å². The Bertz CT molecular complexity index is 453. The summed E-state index contributed by atoms with van der Waals surface area (Å²) < 4.78 is 11.5. The Morgan fingerprint density at radius 3 is 2.00 bits per heavy atom. The van der Waals surface area contributed by atoms with Gasteiger partial charge >= 0.3 is 0 Å². The summed E-state index contributed by atoms with van der Waals surface area (Å²) in [6.07, 6.45) is 12.2. The number of unbranched alkanes of at least 4 members (excludes halogenated alkanes) is 6. The van der Waals surface area contributed by atoms with Crippen molar-refractivity contribution in [1.29, 1.82) is 0 Å². The molecule has 4 heteroatoms. The van der Waals surface area contributed by atoms with Crippen molar-refractivity contribution in [2.24, 2.45) is 0 Å². The van der Waals surface area contributed by atoms with Crippen molar-refractivity contribution in [3.8, 4) is 11.5 Å². The van der Waals surface area contributed by atoms with E-state index in [1.807, 2.05) is 6.07 Å². The number of ether oxygens (including phenoxy) is 2. The van der Waals surface area contributed by atoms with E-state index in [1.54, 1.807) is 6.07 Å². The minimum Gasteiger partial charge on any atom is -0.504 e. The summed E-state index contributed by atoms with van der Waals surface area (Å²) in [7, 11) is 0. The second-order valence-corrected chi connectivity index (χ2v) is 6.97. The van der Waals surface area contributed by atoms with E-state index in [4.69, 9.17) is 9.47 Å². The summed E-state index contributed by atoms with van der Waals surface area (Å²) in [5.74, 6) is 0.0178. The number of aryl methyl sites for hydroxylation is 1. The maximum atomic E-state index is 9.78. The van der Waals surface area contributed by atoms with Crippen LogP contribution in [0.5, 0.6) is 11.5 Å². The zero-order valence-corrected chi connectivity index (χ0v) is 16.7. The number of benzene rings is 1. The summed E-state index contributed by atoms with van der Waals surface area (Å²) in [6, 6.07) is 5.18. The molecule has 0 unspecified atom stereocenters. The molecule has 2 N–H and O–H groups in total. The van der Waals surface area contributed by atoms with Gasteiger partial charge in [0.1, 0.15) is 0 Å². The van der Waals surface area contributed by atoms with Crippen molar-refractivity contribution in [1.82, 2.24) is 0 Å². The van der Waals surface area contributed by atoms with Gasteiger partial charge in [0, 0.05) is 13.2 Å². The van der Waals surface area contributed by atoms with E-state index in [0.29, 0.717) is 0 Å². The van der Waals surface area contributed by atoms with Gasteiger partial charge < -0.3 is 19.7 Å². The van der Waals surface area contributed by atoms with Gasteiger partial charge in [-0.05, 0) is 50.2 Å². The summed E-state index contributed by atoms with van der Waals surface area (Å²) in [5.41, 5.74) is 0.843. The number of phenols is 2. The van der Waals surface area contributed by atoms with Crippen LogP contribution in [0.15, 0.2) is 18.2 Å². The van der Waals surface area contributed by atoms with E-state index in [-0.39, 0.29) is 17.8 Å². The number of rotatable bonds is 16. The number of aromatic hydroxyl groups is 2. The SMILES string of the molecule is CCCOC(CCCCCCCCCc1cccc(O)c1O)OCCC. The Hall–Kier alpha value is -1.26. The first kappa shape index (κ1) is 22.8. The molecule has 0 fully saturated rings. The van der Waals surface area contributed by atoms with E-state index < -0.39 is 0 Å². The zero-order valence-electron chi connectivity index (χ0n) is 16.7. The van der Waals surface area contributed by atoms with Crippen LogP contribution in [0.1, 0.15) is 83.6 Å². The molecule has 0 heterocycles. The lowest BCUT2D eigenvalue weighted by atomic mass is 10.0. The monoisotopic (exact) mass is 366 g/mol. The van der Waals surface area contributed by atoms with E-state index in [2.05, 4.69) is 13.8 Å². The normalized spacial score (nSPS) is 11.3. The Labute approximate surface area is 159 Å². The predicted octanol–water partition coefficient (Wildman–Crippen LogP) is 5.94. The topological polar surface area (TPSA) is 58.9 Å². The molecule has 1 rings (SSSR count). The molecule has 0 atom stereocenters. The molecule has 1 aromatic carbocycles. The number of hydrogen-bond acceptors (Lipinski definition) is 4. The molecule has 0 spiro atoms. The second-order valence-electron chi connectivity index (χ2n) is 6.97. The van der Waals surface area contributed by atoms with Gasteiger partial charge in [0.2, 0.25) is 0 Å². The highest BCUT2D eigenvalue weighted by molar-refractivity contribution is 5.44. The molecule has 0 aliphatic heterocycles. The summed E-state index contributed by atoms with van der Waals surface area (Å²) >= 11 is 0. The highest BCUT2D eigenvalue weighted by Gasteiger charge is 2.08. The number of hydrogen-bond donors (Lipinski definition) is 2. The van der Waals surface area contributed by atoms with Gasteiger partial charge in [-0.1, -0.05) is 58.1 Å². The van der Waals surface area contributed by atoms with Crippen LogP contribution in [0.4, 0.5) is 0 Å². The molecule has 0 bridgehead atoms. The second kappa shape index (κ2) is 14.9. The third-order valence-corrected chi connectivity index (χ3v) is 4.50. The van der Waals surface area contributed by atoms with Crippen LogP contribution in [0.25, 0.3) is 0 Å². The molecule has 26 heavy (non-hydrogen) atoms. The van der Waals surface area contributed by atoms with Crippen LogP contribution in [0.2, 0.25) is 0 Å². The molecule has 0 aliphatic rings. The zero-order chi connectivity index (χ0) is 19.0. The third-order valence-electron chi connectivity index (χ3n) is 4.50. The minimum atomic E-state index is -0.0233. The van der Waals surface area contributed by atoms with E-state index in [1.165, 1.54) is 31.7 Å². The van der Waals surface area contributed by atoms with Crippen LogP contribution in [0, 0.1) is 0 Å². The van der Waals surface area contributed by atoms with Crippen LogP contribution in [0.3, 0.4) is 0 Å². The first-order valence-corrected chi connectivity index (χ1v) is 10.4. The Balaban J connectivity index is 2.01. The molecule has 0 aliphatic carbocycles. The molecule has 0 saturated carbocycles. The minimum absolute atomic E-state index is 0.0216. The molecule has 150 valence electrons. The van der Waals surface area contributed by atoms with Crippen molar-refractivity contribution in [3.63, 3.8) is 0 Å². The Morgan fingerprint density at radius 1 is 0.808 bits per heavy atom. The molecular weight excluding hydrogens is 328 g/mol. The standard InChI is InChI=1S/C22H38O4/c1-3-17-25-21(26-18-4-2)16-11-9-7-5-6-8-10-13-19-14-12-15-20(23)22(19)24/h12,14-15,21,23-24H,3-11,13,16-18H2,1-2H3. The van der Waals surface area contributed by atoms with Crippen LogP contribution >= 0.6 is 0 Å². The third kappa shape index (κ3) is 10.0. The highest BCUT2D eigenvalue weighted by atomic mass is 16.7. The fraction of sp³-hybridized carbons (Fsp3) is 0.727. The molecular formula is C22H38O4. The van der Waals surface area contributed by atoms with Gasteiger partial charge in [0.05, 0.1) is 0 Å². The van der Waals surface area contributed by atoms with Gasteiger partial charge in [-0.15, -0.1) is 0 Å². The first-order chi connectivity index (χ1) is 12.7. The fourth-order valence-corrected chi connectivity index (χ4v) is 3.00. The molecule has 0 aromatic heterocycles. The maximum absolute atomic E-state index is 9.78. The van der Waals surface area contributed by atoms with E-state index in [0.717, 1.165) is 63.7 Å². The van der Waals surface area contributed by atoms with Crippen molar-refractivity contribution in [2.45, 2.75) is 90.8 Å². The number of phenolic OH excluding ortho intramolecular Hbond substituents is 2. The predicted molar refractivity (Wildman–Crippen MR) is 107 cm³/mol. The van der Waals surface area contributed by atoms with E-state index >= 15 is 0 Å². The lowest BCUT2D eigenvalue weighted by molar-refractivity contribution is -0.146. The van der Waals surface area contributed by atoms with Crippen molar-refractivity contribution >= 4 is 0 Å². The van der Waals surface area contributed by atoms with E-state index in [9.17, 15) is 10.2 Å². The van der Waals surface area contributed by atoms with Crippen molar-refractivity contribution in [3.05, 3.63) is 23.8 Å². The summed E-state index contributed by atoms with van der Waals surface area (Å²) in [4.78, 5) is 0. The molecule has 0 saturated heterocycles. The maximum Gasteiger partial charge on any atom is 0.160 e. The van der Waals surface area contributed by atoms with Crippen LogP contribution in [-0.2, 0) is 15.9 Å². The van der Waals surface area contributed by atoms with Crippen molar-refractivity contribution < 1.29 is 19.7 Å². The largest absolute Gasteiger partial charge is 0.504 e. The summed E-state index contributed by atoms with van der Waals surface area (Å²) in [6.45, 7) is 5.81. The van der Waals surface area contributed by atoms with Crippen LogP contribution < -0.4 is 0 Å². The first-order valence-electron chi connectivity index (χ1n) is 10.4. The lowest BCUT2D eigenvalue weighted by Gasteiger charge is -2.18. The van der Waals surface area contributed by atoms with Gasteiger partial charge in [0.15, 0.2) is 17.8 Å². The molecule has 0 radical (unpaired) electrons. The number of para-hydroxylation sites is 1. The molecule has 1 aromatic rings. The van der Waals surface area contributed by atoms with Gasteiger partial charge in [-0.25, -0.2) is 0 Å². The average Bonchev–Trinajstić information content (AvgIpc) is 2.65. The van der Waals surface area contributed by atoms with Crippen molar-refractivity contribution in [2.75, 3.05) is 13.2 Å². The van der Waals surface area contributed by atoms with Gasteiger partial charge in [-0.2, -0.15) is 0 Å². The van der Waals surface area contributed by atoms with Crippen LogP contribution in [-0.4, -0.2) is 29.7 Å². The average molecular weight is 367 g/mol. The van der Waals surface area contributed by atoms with Gasteiger partial charge in [0.25, 0.3) is 0 Å². The molecule has 4 nitrogen and oxygen atoms in total. The molecule has 0 amide bonds. The smallest absolute Gasteiger partial charge is 0.160 e. The quantitative estimate of drug-likeness (QED) is 0.216. The highest BCUT2D eigenvalue weighted by Crippen LogP contribution is 2.29.